The van der Waals surface area contributed by atoms with E-state index in [1.165, 1.54) is 6.07 Å². The molecule has 1 aromatic rings. The van der Waals surface area contributed by atoms with Crippen LogP contribution in [-0.2, 0) is 0 Å². The van der Waals surface area contributed by atoms with Crippen LogP contribution in [0.5, 0.6) is 0 Å². The van der Waals surface area contributed by atoms with Gasteiger partial charge in [0.2, 0.25) is 0 Å². The second-order valence-corrected chi connectivity index (χ2v) is 3.52. The van der Waals surface area contributed by atoms with E-state index in [1.807, 2.05) is 0 Å². The Kier molecular flexibility index (Phi) is 3.93. The van der Waals surface area contributed by atoms with Crippen molar-refractivity contribution in [3.63, 3.8) is 0 Å². The lowest BCUT2D eigenvalue weighted by molar-refractivity contribution is -0.135. The minimum Gasteiger partial charge on any atom is -0.399 e. The van der Waals surface area contributed by atoms with E-state index >= 15 is 0 Å². The summed E-state index contributed by atoms with van der Waals surface area (Å²) in [5.41, 5.74) is 6.26. The third-order valence-electron chi connectivity index (χ3n) is 2.07. The molecule has 0 saturated heterocycles. The highest BCUT2D eigenvalue weighted by Gasteiger charge is 2.26. The first-order chi connectivity index (χ1) is 7.38. The summed E-state index contributed by atoms with van der Waals surface area (Å²) in [4.78, 5) is 11.5. The number of hydrogen-bond donors (Lipinski definition) is 1. The third-order valence-corrected chi connectivity index (χ3v) is 2.07. The molecule has 0 saturated carbocycles. The first-order valence-electron chi connectivity index (χ1n) is 4.84. The molecule has 1 aromatic carbocycles. The molecule has 0 aliphatic rings. The van der Waals surface area contributed by atoms with Gasteiger partial charge >= 0.3 is 6.18 Å². The van der Waals surface area contributed by atoms with Crippen molar-refractivity contribution in [3.8, 4) is 0 Å². The van der Waals surface area contributed by atoms with E-state index in [0.717, 1.165) is 0 Å². The summed E-state index contributed by atoms with van der Waals surface area (Å²) in [5, 5.41) is 0. The third kappa shape index (κ3) is 4.33. The van der Waals surface area contributed by atoms with Crippen LogP contribution in [0.25, 0.3) is 0 Å². The smallest absolute Gasteiger partial charge is 0.389 e. The molecule has 0 heterocycles. The lowest BCUT2D eigenvalue weighted by atomic mass is 10.0. The maximum absolute atomic E-state index is 11.8. The topological polar surface area (TPSA) is 43.1 Å². The first kappa shape index (κ1) is 12.5. The van der Waals surface area contributed by atoms with Gasteiger partial charge in [-0.2, -0.15) is 13.2 Å². The first-order valence-corrected chi connectivity index (χ1v) is 4.84. The van der Waals surface area contributed by atoms with Crippen LogP contribution in [0.2, 0.25) is 0 Å². The molecule has 0 amide bonds. The van der Waals surface area contributed by atoms with Crippen molar-refractivity contribution < 1.29 is 18.0 Å². The van der Waals surface area contributed by atoms with E-state index in [2.05, 4.69) is 0 Å². The Morgan fingerprint density at radius 2 is 2.00 bits per heavy atom. The van der Waals surface area contributed by atoms with Gasteiger partial charge in [-0.3, -0.25) is 4.79 Å². The number of nitrogens with two attached hydrogens (primary N) is 1. The molecule has 0 fully saturated rings. The zero-order chi connectivity index (χ0) is 12.2. The Morgan fingerprint density at radius 1 is 1.31 bits per heavy atom. The number of alkyl halides is 3. The van der Waals surface area contributed by atoms with E-state index in [0.29, 0.717) is 11.3 Å². The van der Waals surface area contributed by atoms with E-state index in [4.69, 9.17) is 5.73 Å². The van der Waals surface area contributed by atoms with Gasteiger partial charge in [0.15, 0.2) is 5.78 Å². The summed E-state index contributed by atoms with van der Waals surface area (Å²) in [6.45, 7) is 0. The maximum Gasteiger partial charge on any atom is 0.389 e. The molecule has 2 nitrogen and oxygen atoms in total. The second-order valence-electron chi connectivity index (χ2n) is 3.52. The Morgan fingerprint density at radius 3 is 2.56 bits per heavy atom. The minimum atomic E-state index is -4.20. The molecule has 0 spiro atoms. The number of rotatable bonds is 4. The van der Waals surface area contributed by atoms with Crippen molar-refractivity contribution in [2.75, 3.05) is 5.73 Å². The van der Waals surface area contributed by atoms with Gasteiger partial charge in [0.1, 0.15) is 0 Å². The summed E-state index contributed by atoms with van der Waals surface area (Å²) in [6, 6.07) is 6.24. The molecule has 5 heteroatoms. The molecule has 0 aliphatic carbocycles. The molecule has 16 heavy (non-hydrogen) atoms. The Hall–Kier alpha value is -1.52. The minimum absolute atomic E-state index is 0.108. The Bertz CT molecular complexity index is 374. The van der Waals surface area contributed by atoms with Crippen molar-refractivity contribution in [2.24, 2.45) is 0 Å². The van der Waals surface area contributed by atoms with E-state index in [9.17, 15) is 18.0 Å². The van der Waals surface area contributed by atoms with Crippen molar-refractivity contribution in [2.45, 2.75) is 25.4 Å². The number of ketones is 1. The lowest BCUT2D eigenvalue weighted by Gasteiger charge is -2.05. The van der Waals surface area contributed by atoms with Crippen molar-refractivity contribution >= 4 is 11.5 Å². The summed E-state index contributed by atoms with van der Waals surface area (Å²) in [5.74, 6) is -0.309. The fourth-order valence-electron chi connectivity index (χ4n) is 1.31. The fraction of sp³-hybridized carbons (Fsp3) is 0.364. The van der Waals surface area contributed by atoms with E-state index in [1.54, 1.807) is 18.2 Å². The number of carbonyl (C=O) groups excluding carboxylic acids is 1. The standard InChI is InChI=1S/C11H12F3NO/c12-11(13,14)6-2-5-10(16)8-3-1-4-9(15)7-8/h1,3-4,7H,2,5-6,15H2. The van der Waals surface area contributed by atoms with Gasteiger partial charge < -0.3 is 5.73 Å². The molecule has 0 aromatic heterocycles. The van der Waals surface area contributed by atoms with Crippen LogP contribution in [-0.4, -0.2) is 12.0 Å². The average molecular weight is 231 g/mol. The van der Waals surface area contributed by atoms with Crippen LogP contribution in [0.1, 0.15) is 29.6 Å². The SMILES string of the molecule is Nc1cccc(C(=O)CCCC(F)(F)F)c1. The Labute approximate surface area is 91.3 Å². The Balaban J connectivity index is 2.47. The number of benzene rings is 1. The van der Waals surface area contributed by atoms with Gasteiger partial charge in [0.05, 0.1) is 0 Å². The molecule has 0 bridgehead atoms. The van der Waals surface area contributed by atoms with Crippen molar-refractivity contribution in [1.29, 1.82) is 0 Å². The number of hydrogen-bond acceptors (Lipinski definition) is 2. The largest absolute Gasteiger partial charge is 0.399 e. The van der Waals surface area contributed by atoms with Crippen LogP contribution in [0.15, 0.2) is 24.3 Å². The average Bonchev–Trinajstić information content (AvgIpc) is 2.15. The van der Waals surface area contributed by atoms with Crippen LogP contribution < -0.4 is 5.73 Å². The van der Waals surface area contributed by atoms with Gasteiger partial charge in [0, 0.05) is 24.1 Å². The van der Waals surface area contributed by atoms with Crippen LogP contribution in [0, 0.1) is 0 Å². The molecular formula is C11H12F3NO. The van der Waals surface area contributed by atoms with E-state index in [-0.39, 0.29) is 18.6 Å². The number of nitrogen functional groups attached to an aromatic ring is 1. The summed E-state index contributed by atoms with van der Waals surface area (Å²) in [6.07, 6.45) is -5.42. The van der Waals surface area contributed by atoms with Crippen LogP contribution in [0.3, 0.4) is 0 Å². The van der Waals surface area contributed by atoms with Crippen LogP contribution >= 0.6 is 0 Å². The maximum atomic E-state index is 11.8. The fourth-order valence-corrected chi connectivity index (χ4v) is 1.31. The zero-order valence-electron chi connectivity index (χ0n) is 8.55. The van der Waals surface area contributed by atoms with Gasteiger partial charge in [0.25, 0.3) is 0 Å². The second kappa shape index (κ2) is 5.01. The van der Waals surface area contributed by atoms with Gasteiger partial charge in [-0.1, -0.05) is 12.1 Å². The molecule has 88 valence electrons. The zero-order valence-corrected chi connectivity index (χ0v) is 8.55. The van der Waals surface area contributed by atoms with Crippen molar-refractivity contribution in [1.82, 2.24) is 0 Å². The molecule has 1 rings (SSSR count). The number of halogens is 3. The molecule has 0 aliphatic heterocycles. The van der Waals surface area contributed by atoms with Gasteiger partial charge in [-0.05, 0) is 18.6 Å². The summed E-state index contributed by atoms with van der Waals surface area (Å²) < 4.78 is 35.5. The monoisotopic (exact) mass is 231 g/mol. The van der Waals surface area contributed by atoms with Crippen LogP contribution in [0.4, 0.5) is 18.9 Å². The summed E-state index contributed by atoms with van der Waals surface area (Å²) in [7, 11) is 0. The molecule has 2 N–H and O–H groups in total. The quantitative estimate of drug-likeness (QED) is 0.638. The number of anilines is 1. The highest BCUT2D eigenvalue weighted by molar-refractivity contribution is 5.96. The predicted molar refractivity (Wildman–Crippen MR) is 55.1 cm³/mol. The number of Topliss-reactive ketones (excluding diaryl/α,β-unsaturated/α-hetero) is 1. The normalized spacial score (nSPS) is 11.4. The number of carbonyl (C=O) groups is 1. The van der Waals surface area contributed by atoms with E-state index < -0.39 is 12.6 Å². The highest BCUT2D eigenvalue weighted by Crippen LogP contribution is 2.23. The highest BCUT2D eigenvalue weighted by atomic mass is 19.4. The molecular weight excluding hydrogens is 219 g/mol. The molecule has 0 unspecified atom stereocenters. The van der Waals surface area contributed by atoms with Gasteiger partial charge in [-0.15, -0.1) is 0 Å². The molecule has 0 radical (unpaired) electrons. The van der Waals surface area contributed by atoms with Crippen molar-refractivity contribution in [3.05, 3.63) is 29.8 Å². The van der Waals surface area contributed by atoms with Gasteiger partial charge in [-0.25, -0.2) is 0 Å². The summed E-state index contributed by atoms with van der Waals surface area (Å²) >= 11 is 0. The molecule has 0 atom stereocenters. The predicted octanol–water partition coefficient (Wildman–Crippen LogP) is 3.18. The lowest BCUT2D eigenvalue weighted by Crippen LogP contribution is -2.08.